The van der Waals surface area contributed by atoms with E-state index >= 15 is 0 Å². The highest BCUT2D eigenvalue weighted by atomic mass is 35.5. The second-order valence-electron chi connectivity index (χ2n) is 5.33. The quantitative estimate of drug-likeness (QED) is 0.780. The Morgan fingerprint density at radius 2 is 2.00 bits per heavy atom. The van der Waals surface area contributed by atoms with E-state index in [-0.39, 0.29) is 12.1 Å². The van der Waals surface area contributed by atoms with E-state index in [1.807, 2.05) is 30.0 Å². The van der Waals surface area contributed by atoms with Gasteiger partial charge in [0.05, 0.1) is 6.04 Å². The van der Waals surface area contributed by atoms with Gasteiger partial charge < -0.3 is 5.73 Å². The zero-order chi connectivity index (χ0) is 15.1. The molecule has 0 aliphatic rings. The Kier molecular flexibility index (Phi) is 7.96. The van der Waals surface area contributed by atoms with Gasteiger partial charge >= 0.3 is 0 Å². The lowest BCUT2D eigenvalue weighted by Crippen LogP contribution is -2.43. The molecule has 1 rings (SSSR count). The Labute approximate surface area is 133 Å². The lowest BCUT2D eigenvalue weighted by molar-refractivity contribution is 0.155. The average Bonchev–Trinajstić information content (AvgIpc) is 2.46. The van der Waals surface area contributed by atoms with E-state index in [0.717, 1.165) is 23.4 Å². The highest BCUT2D eigenvalue weighted by Crippen LogP contribution is 2.31. The predicted molar refractivity (Wildman–Crippen MR) is 92.7 cm³/mol. The van der Waals surface area contributed by atoms with Crippen LogP contribution in [0.5, 0.6) is 0 Å². The fourth-order valence-corrected chi connectivity index (χ4v) is 3.28. The average molecular weight is 315 g/mol. The molecule has 0 bridgehead atoms. The standard InChI is InChI=1S/C16H27ClN2S/c1-5-15(18)16(13-8-6-7-9-14(13)17)19(3)12(2)10-11-20-4/h6-9,12,15-16H,5,10-11,18H2,1-4H3. The number of thioether (sulfide) groups is 1. The van der Waals surface area contributed by atoms with Crippen LogP contribution in [0.15, 0.2) is 24.3 Å². The third-order valence-corrected chi connectivity index (χ3v) is 4.96. The molecule has 0 spiro atoms. The second kappa shape index (κ2) is 8.93. The fraction of sp³-hybridized carbons (Fsp3) is 0.625. The summed E-state index contributed by atoms with van der Waals surface area (Å²) in [7, 11) is 2.16. The molecule has 0 amide bonds. The van der Waals surface area contributed by atoms with E-state index in [2.05, 4.69) is 38.1 Å². The van der Waals surface area contributed by atoms with Crippen LogP contribution >= 0.6 is 23.4 Å². The van der Waals surface area contributed by atoms with Gasteiger partial charge in [-0.1, -0.05) is 36.7 Å². The van der Waals surface area contributed by atoms with Crippen LogP contribution in [0, 0.1) is 0 Å². The van der Waals surface area contributed by atoms with Crippen LogP contribution in [0.2, 0.25) is 5.02 Å². The molecular weight excluding hydrogens is 288 g/mol. The summed E-state index contributed by atoms with van der Waals surface area (Å²) in [6.45, 7) is 4.40. The van der Waals surface area contributed by atoms with E-state index in [4.69, 9.17) is 17.3 Å². The van der Waals surface area contributed by atoms with Crippen molar-refractivity contribution in [2.24, 2.45) is 5.73 Å². The minimum atomic E-state index is 0.0941. The van der Waals surface area contributed by atoms with E-state index < -0.39 is 0 Å². The number of benzene rings is 1. The monoisotopic (exact) mass is 314 g/mol. The molecule has 0 aliphatic carbocycles. The van der Waals surface area contributed by atoms with Crippen LogP contribution in [-0.4, -0.2) is 36.0 Å². The van der Waals surface area contributed by atoms with Gasteiger partial charge in [-0.25, -0.2) is 0 Å². The Balaban J connectivity index is 2.98. The Bertz CT molecular complexity index is 400. The van der Waals surface area contributed by atoms with Crippen LogP contribution in [-0.2, 0) is 0 Å². The molecule has 0 aromatic heterocycles. The smallest absolute Gasteiger partial charge is 0.0513 e. The molecule has 0 fully saturated rings. The van der Waals surface area contributed by atoms with Crippen LogP contribution in [0.4, 0.5) is 0 Å². The number of hydrogen-bond donors (Lipinski definition) is 1. The first-order valence-corrected chi connectivity index (χ1v) is 9.00. The Morgan fingerprint density at radius 3 is 2.55 bits per heavy atom. The van der Waals surface area contributed by atoms with Crippen molar-refractivity contribution < 1.29 is 0 Å². The predicted octanol–water partition coefficient (Wildman–Crippen LogP) is 4.19. The zero-order valence-corrected chi connectivity index (χ0v) is 14.5. The van der Waals surface area contributed by atoms with Crippen LogP contribution < -0.4 is 5.73 Å². The molecule has 2 nitrogen and oxygen atoms in total. The van der Waals surface area contributed by atoms with E-state index in [1.165, 1.54) is 5.75 Å². The molecule has 1 aromatic rings. The van der Waals surface area contributed by atoms with Crippen molar-refractivity contribution in [3.63, 3.8) is 0 Å². The van der Waals surface area contributed by atoms with Gasteiger partial charge in [-0.3, -0.25) is 4.90 Å². The zero-order valence-electron chi connectivity index (χ0n) is 13.0. The number of likely N-dealkylation sites (N-methyl/N-ethyl adjacent to an activating group) is 1. The number of halogens is 1. The first-order valence-electron chi connectivity index (χ1n) is 7.23. The SMILES string of the molecule is CCC(N)C(c1ccccc1Cl)N(C)C(C)CCSC. The third-order valence-electron chi connectivity index (χ3n) is 3.97. The molecule has 4 heteroatoms. The van der Waals surface area contributed by atoms with Crippen molar-refractivity contribution in [3.05, 3.63) is 34.9 Å². The van der Waals surface area contributed by atoms with Gasteiger partial charge in [-0.2, -0.15) is 11.8 Å². The molecule has 20 heavy (non-hydrogen) atoms. The van der Waals surface area contributed by atoms with E-state index in [1.54, 1.807) is 0 Å². The molecule has 0 saturated heterocycles. The molecule has 0 radical (unpaired) electrons. The molecule has 3 unspecified atom stereocenters. The minimum absolute atomic E-state index is 0.0941. The molecule has 3 atom stereocenters. The highest BCUT2D eigenvalue weighted by molar-refractivity contribution is 7.98. The lowest BCUT2D eigenvalue weighted by atomic mass is 9.95. The number of nitrogens with two attached hydrogens (primary N) is 1. The van der Waals surface area contributed by atoms with Crippen molar-refractivity contribution >= 4 is 23.4 Å². The fourth-order valence-electron chi connectivity index (χ4n) is 2.46. The summed E-state index contributed by atoms with van der Waals surface area (Å²) in [5.74, 6) is 1.17. The van der Waals surface area contributed by atoms with Crippen LogP contribution in [0.25, 0.3) is 0 Å². The minimum Gasteiger partial charge on any atom is -0.326 e. The first-order chi connectivity index (χ1) is 9.52. The number of hydrogen-bond acceptors (Lipinski definition) is 3. The summed E-state index contributed by atoms with van der Waals surface area (Å²) in [6, 6.07) is 8.81. The largest absolute Gasteiger partial charge is 0.326 e. The topological polar surface area (TPSA) is 29.3 Å². The van der Waals surface area contributed by atoms with Gasteiger partial charge in [0.1, 0.15) is 0 Å². The summed E-state index contributed by atoms with van der Waals surface area (Å²) in [4.78, 5) is 2.38. The van der Waals surface area contributed by atoms with Gasteiger partial charge in [0.25, 0.3) is 0 Å². The number of rotatable bonds is 8. The molecule has 1 aromatic carbocycles. The van der Waals surface area contributed by atoms with Gasteiger partial charge in [-0.15, -0.1) is 0 Å². The second-order valence-corrected chi connectivity index (χ2v) is 6.73. The van der Waals surface area contributed by atoms with Crippen molar-refractivity contribution in [1.82, 2.24) is 4.90 Å². The van der Waals surface area contributed by atoms with Gasteiger partial charge in [0.15, 0.2) is 0 Å². The first kappa shape index (κ1) is 17.8. The van der Waals surface area contributed by atoms with Gasteiger partial charge in [0, 0.05) is 17.1 Å². The summed E-state index contributed by atoms with van der Waals surface area (Å²) >= 11 is 8.28. The summed E-state index contributed by atoms with van der Waals surface area (Å²) < 4.78 is 0. The summed E-state index contributed by atoms with van der Waals surface area (Å²) in [5.41, 5.74) is 7.52. The summed E-state index contributed by atoms with van der Waals surface area (Å²) in [5, 5.41) is 0.810. The number of nitrogens with zero attached hydrogens (tertiary/aromatic N) is 1. The normalized spacial score (nSPS) is 16.1. The highest BCUT2D eigenvalue weighted by Gasteiger charge is 2.27. The molecule has 0 aliphatic heterocycles. The molecule has 2 N–H and O–H groups in total. The molecular formula is C16H27ClN2S. The van der Waals surface area contributed by atoms with Crippen LogP contribution in [0.1, 0.15) is 38.3 Å². The van der Waals surface area contributed by atoms with Crippen molar-refractivity contribution in [3.8, 4) is 0 Å². The van der Waals surface area contributed by atoms with Crippen molar-refractivity contribution in [1.29, 1.82) is 0 Å². The van der Waals surface area contributed by atoms with Gasteiger partial charge in [-0.05, 0) is 50.5 Å². The maximum Gasteiger partial charge on any atom is 0.0513 e. The van der Waals surface area contributed by atoms with E-state index in [9.17, 15) is 0 Å². The molecule has 0 heterocycles. The molecule has 0 saturated carbocycles. The maximum atomic E-state index is 6.39. The maximum absolute atomic E-state index is 6.39. The third kappa shape index (κ3) is 4.66. The van der Waals surface area contributed by atoms with Gasteiger partial charge in [0.2, 0.25) is 0 Å². The van der Waals surface area contributed by atoms with Crippen molar-refractivity contribution in [2.45, 2.75) is 44.8 Å². The van der Waals surface area contributed by atoms with Crippen LogP contribution in [0.3, 0.4) is 0 Å². The molecule has 114 valence electrons. The van der Waals surface area contributed by atoms with Crippen molar-refractivity contribution in [2.75, 3.05) is 19.1 Å². The Morgan fingerprint density at radius 1 is 1.35 bits per heavy atom. The van der Waals surface area contributed by atoms with E-state index in [0.29, 0.717) is 6.04 Å². The lowest BCUT2D eigenvalue weighted by Gasteiger charge is -2.37. The Hall–Kier alpha value is -0.220. The summed E-state index contributed by atoms with van der Waals surface area (Å²) in [6.07, 6.45) is 4.25.